The fourth-order valence-electron chi connectivity index (χ4n) is 0. The Morgan fingerprint density at radius 3 is 0.857 bits per heavy atom. The van der Waals surface area contributed by atoms with Gasteiger partial charge in [0, 0.05) is 4.17 Å². The van der Waals surface area contributed by atoms with E-state index in [0.717, 1.165) is 0 Å². The predicted molar refractivity (Wildman–Crippen MR) is 45.0 cm³/mol. The SMILES string of the molecule is C.CC.CC.[2HH].[2H]C.[2H]C. The van der Waals surface area contributed by atoms with Gasteiger partial charge in [0.1, 0.15) is 0 Å². The quantitative estimate of drug-likeness (QED) is 0.441. The first-order chi connectivity index (χ1) is 4.00. The Balaban J connectivity index is -0.00000000500. The van der Waals surface area contributed by atoms with E-state index < -0.39 is 0 Å². The van der Waals surface area contributed by atoms with Gasteiger partial charge in [-0.2, -0.15) is 0 Å². The van der Waals surface area contributed by atoms with E-state index in [0.29, 0.717) is 0 Å². The fraction of sp³-hybridized carbons (Fsp3) is 1.00. The maximum absolute atomic E-state index is 5.75. The van der Waals surface area contributed by atoms with Gasteiger partial charge in [-0.05, 0) is 0 Å². The van der Waals surface area contributed by atoms with Gasteiger partial charge in [0.25, 0.3) is 0 Å². The molecule has 0 aromatic carbocycles. The predicted octanol–water partition coefficient (Wildman–Crippen LogP) is 4.21. The number of hydrogen-bond acceptors (Lipinski definition) is 0. The molecular weight excluding hydrogens is 84.1 g/mol. The third-order valence-electron chi connectivity index (χ3n) is 0. The molecule has 0 saturated carbocycles. The van der Waals surface area contributed by atoms with Gasteiger partial charge in [-0.1, -0.05) is 49.9 Å². The van der Waals surface area contributed by atoms with Crippen LogP contribution in [0.15, 0.2) is 0 Å². The summed E-state index contributed by atoms with van der Waals surface area (Å²) >= 11 is 0. The van der Waals surface area contributed by atoms with Crippen molar-refractivity contribution in [3.63, 3.8) is 0 Å². The van der Waals surface area contributed by atoms with Crippen LogP contribution < -0.4 is 0 Å². The smallest absolute Gasteiger partial charge is 0.0194 e. The van der Waals surface area contributed by atoms with Gasteiger partial charge < -0.3 is 0 Å². The molecule has 0 nitrogen and oxygen atoms in total. The van der Waals surface area contributed by atoms with Crippen molar-refractivity contribution in [3.8, 4) is 0 Å². The molecule has 0 unspecified atom stereocenters. The molecule has 0 aliphatic heterocycles. The number of rotatable bonds is 0. The highest BCUT2D eigenvalue weighted by molar-refractivity contribution is 3.51. The first kappa shape index (κ1) is 15.8. The molecule has 0 aliphatic rings. The molecule has 0 amide bonds. The van der Waals surface area contributed by atoms with E-state index in [1.807, 2.05) is 27.7 Å². The van der Waals surface area contributed by atoms with Crippen molar-refractivity contribution in [2.45, 2.75) is 49.9 Å². The number of hydrogen-bond donors (Lipinski definition) is 0. The zero-order chi connectivity index (χ0) is 8.00. The lowest BCUT2D eigenvalue weighted by Crippen LogP contribution is -0.856. The second-order valence-electron chi connectivity index (χ2n) is 0. The summed E-state index contributed by atoms with van der Waals surface area (Å²) in [5.74, 6) is 0. The molecule has 54 valence electrons. The molecule has 0 aromatic heterocycles. The lowest BCUT2D eigenvalue weighted by Gasteiger charge is -1.07. The van der Waals surface area contributed by atoms with Crippen molar-refractivity contribution in [2.75, 3.05) is 0 Å². The van der Waals surface area contributed by atoms with E-state index in [9.17, 15) is 0 Å². The minimum atomic E-state index is 0. The van der Waals surface area contributed by atoms with Crippen LogP contribution in [0.25, 0.3) is 0 Å². The highest BCUT2D eigenvalue weighted by Crippen LogP contribution is 1.15. The topological polar surface area (TPSA) is 0 Å². The summed E-state index contributed by atoms with van der Waals surface area (Å²) in [6.07, 6.45) is 0. The highest BCUT2D eigenvalue weighted by Gasteiger charge is 0.934. The minimum absolute atomic E-state index is 0. The molecular formula is C7H26. The summed E-state index contributed by atoms with van der Waals surface area (Å²) in [4.78, 5) is 0. The van der Waals surface area contributed by atoms with Gasteiger partial charge >= 0.3 is 0 Å². The third-order valence-corrected chi connectivity index (χ3v) is 0. The Morgan fingerprint density at radius 1 is 0.857 bits per heavy atom. The maximum atomic E-state index is 5.75. The van der Waals surface area contributed by atoms with Crippen molar-refractivity contribution in [1.82, 2.24) is 0 Å². The molecule has 0 heterocycles. The van der Waals surface area contributed by atoms with Crippen molar-refractivity contribution in [2.24, 2.45) is 0 Å². The Morgan fingerprint density at radius 2 is 0.857 bits per heavy atom. The standard InChI is InChI=1S/2C2H6.3CH4.H2/c2*1-2;;;;/h2*1-2H3;3*1H4;1H/i;;2*1D;;1+1. The maximum Gasteiger partial charge on any atom is 0.0194 e. The first-order valence-electron chi connectivity index (χ1n) is 4.00. The van der Waals surface area contributed by atoms with Gasteiger partial charge in [-0.3, -0.25) is 0 Å². The Hall–Kier alpha value is 0. The monoisotopic (exact) mass is 113 g/mol. The summed E-state index contributed by atoms with van der Waals surface area (Å²) < 4.78 is 11.5. The van der Waals surface area contributed by atoms with Crippen LogP contribution in [0, 0.1) is 0 Å². The molecule has 0 aromatic rings. The second kappa shape index (κ2) is 0. The highest BCUT2D eigenvalue weighted by atomic mass is 13.0. The summed E-state index contributed by atoms with van der Waals surface area (Å²) in [5, 5.41) is 0. The summed E-state index contributed by atoms with van der Waals surface area (Å²) in [6, 6.07) is 0. The molecule has 0 N–H and O–H groups in total. The Labute approximate surface area is 55.2 Å². The van der Waals surface area contributed by atoms with E-state index in [2.05, 4.69) is 0 Å². The fourth-order valence-corrected chi connectivity index (χ4v) is 0. The second-order valence-corrected chi connectivity index (χ2v) is 0. The van der Waals surface area contributed by atoms with Crippen LogP contribution in [0.4, 0.5) is 0 Å². The third kappa shape index (κ3) is 0. The van der Waals surface area contributed by atoms with Crippen molar-refractivity contribution < 1.29 is 4.17 Å². The average molecular weight is 113 g/mol. The van der Waals surface area contributed by atoms with Crippen LogP contribution in [-0.4, -0.2) is 0 Å². The zero-order valence-electron chi connectivity index (χ0n) is 8.00. The molecule has 7 heavy (non-hydrogen) atoms. The molecule has 0 spiro atoms. The first-order valence-corrected chi connectivity index (χ1v) is 2.00. The largest absolute Gasteiger partial charge is 0.0776 e. The summed E-state index contributed by atoms with van der Waals surface area (Å²) in [5.41, 5.74) is 0. The lowest BCUT2D eigenvalue weighted by molar-refractivity contribution is 1.50. The van der Waals surface area contributed by atoms with Gasteiger partial charge in [0.2, 0.25) is 0 Å². The van der Waals surface area contributed by atoms with Crippen LogP contribution in [0.3, 0.4) is 0 Å². The van der Waals surface area contributed by atoms with Gasteiger partial charge in [0.05, 0.1) is 0 Å². The molecule has 0 heteroatoms. The zero-order valence-corrected chi connectivity index (χ0v) is 6.00. The Kier molecular flexibility index (Phi) is 0. The summed E-state index contributed by atoms with van der Waals surface area (Å²) in [7, 11) is 2.50. The van der Waals surface area contributed by atoms with Gasteiger partial charge in [-0.25, -0.2) is 0 Å². The minimum Gasteiger partial charge on any atom is -0.0776 e. The van der Waals surface area contributed by atoms with E-state index >= 15 is 0 Å². The van der Waals surface area contributed by atoms with Crippen molar-refractivity contribution in [1.29, 1.82) is 0 Å². The van der Waals surface area contributed by atoms with Crippen LogP contribution >= 0.6 is 0 Å². The van der Waals surface area contributed by atoms with Crippen LogP contribution in [0.1, 0.15) is 54.1 Å². The molecule has 0 fully saturated rings. The molecule has 0 rings (SSSR count). The van der Waals surface area contributed by atoms with E-state index in [1.165, 1.54) is 14.8 Å². The van der Waals surface area contributed by atoms with Crippen molar-refractivity contribution >= 4 is 0 Å². The van der Waals surface area contributed by atoms with E-state index in [1.54, 1.807) is 0 Å². The normalized spacial score (nSPS) is 3.71. The molecule has 0 atom stereocenters. The van der Waals surface area contributed by atoms with E-state index in [4.69, 9.17) is 2.74 Å². The molecule has 0 saturated heterocycles. The van der Waals surface area contributed by atoms with Crippen LogP contribution in [-0.2, 0) is 0 Å². The van der Waals surface area contributed by atoms with Crippen molar-refractivity contribution in [3.05, 3.63) is 0 Å². The average Bonchev–Trinajstić information content (AvgIpc) is 2.03. The summed E-state index contributed by atoms with van der Waals surface area (Å²) in [6.45, 7) is 8.00. The van der Waals surface area contributed by atoms with Gasteiger partial charge in [-0.15, -0.1) is 0 Å². The lowest BCUT2D eigenvalue weighted by atomic mass is 11.0. The van der Waals surface area contributed by atoms with Gasteiger partial charge in [0.15, 0.2) is 0 Å². The van der Waals surface area contributed by atoms with Crippen LogP contribution in [0.2, 0.25) is 0 Å². The van der Waals surface area contributed by atoms with E-state index in [-0.39, 0.29) is 8.85 Å². The molecule has 0 bridgehead atoms. The van der Waals surface area contributed by atoms with Crippen LogP contribution in [0.5, 0.6) is 0 Å². The molecule has 0 aliphatic carbocycles. The molecule has 0 radical (unpaired) electrons. The Bertz CT molecular complexity index is 8.81.